The van der Waals surface area contributed by atoms with Crippen LogP contribution in [-0.2, 0) is 16.1 Å². The number of nitro groups is 1. The van der Waals surface area contributed by atoms with Gasteiger partial charge in [-0.25, -0.2) is 9.48 Å². The molecule has 10 nitrogen and oxygen atoms in total. The summed E-state index contributed by atoms with van der Waals surface area (Å²) < 4.78 is 6.42. The quantitative estimate of drug-likeness (QED) is 0.423. The van der Waals surface area contributed by atoms with Gasteiger partial charge in [0.1, 0.15) is 0 Å². The van der Waals surface area contributed by atoms with Crippen molar-refractivity contribution in [3.05, 3.63) is 73.3 Å². The minimum Gasteiger partial charge on any atom is -0.463 e. The monoisotopic (exact) mass is 399 g/mol. The fourth-order valence-electron chi connectivity index (χ4n) is 3.43. The molecule has 3 N–H and O–H groups in total. The van der Waals surface area contributed by atoms with Gasteiger partial charge in [0.25, 0.3) is 11.2 Å². The molecule has 1 aliphatic heterocycles. The molecule has 29 heavy (non-hydrogen) atoms. The number of hydrogen-bond acceptors (Lipinski definition) is 8. The molecule has 0 saturated carbocycles. The Hall–Kier alpha value is -3.53. The van der Waals surface area contributed by atoms with Gasteiger partial charge >= 0.3 is 5.97 Å². The second-order valence-electron chi connectivity index (χ2n) is 6.46. The molecule has 0 amide bonds. The Labute approximate surface area is 166 Å². The first kappa shape index (κ1) is 20.2. The summed E-state index contributed by atoms with van der Waals surface area (Å²) in [6.45, 7) is 3.92. The highest BCUT2D eigenvalue weighted by atomic mass is 16.6. The predicted octanol–water partition coefficient (Wildman–Crippen LogP) is 1.50. The zero-order valence-electron chi connectivity index (χ0n) is 16.0. The Kier molecular flexibility index (Phi) is 5.74. The van der Waals surface area contributed by atoms with Gasteiger partial charge in [-0.1, -0.05) is 12.1 Å². The lowest BCUT2D eigenvalue weighted by atomic mass is 9.81. The zero-order chi connectivity index (χ0) is 21.1. The minimum atomic E-state index is -0.843. The summed E-state index contributed by atoms with van der Waals surface area (Å²) in [5, 5.41) is 18.4. The normalized spacial score (nSPS) is 15.5. The van der Waals surface area contributed by atoms with Crippen molar-refractivity contribution in [2.45, 2.75) is 26.3 Å². The Bertz CT molecular complexity index is 1060. The van der Waals surface area contributed by atoms with E-state index in [-0.39, 0.29) is 36.5 Å². The summed E-state index contributed by atoms with van der Waals surface area (Å²) in [6.07, 6.45) is 1.49. The third-order valence-electron chi connectivity index (χ3n) is 4.64. The summed E-state index contributed by atoms with van der Waals surface area (Å²) in [5.41, 5.74) is 6.86. The van der Waals surface area contributed by atoms with Crippen molar-refractivity contribution in [1.29, 1.82) is 0 Å². The van der Waals surface area contributed by atoms with Gasteiger partial charge in [-0.05, 0) is 19.4 Å². The molecular weight excluding hydrogens is 378 g/mol. The van der Waals surface area contributed by atoms with Crippen molar-refractivity contribution in [2.75, 3.05) is 18.5 Å². The first-order valence-electron chi connectivity index (χ1n) is 9.08. The van der Waals surface area contributed by atoms with Crippen LogP contribution in [-0.4, -0.2) is 33.8 Å². The van der Waals surface area contributed by atoms with E-state index < -0.39 is 22.4 Å². The van der Waals surface area contributed by atoms with Gasteiger partial charge in [0.2, 0.25) is 0 Å². The number of fused-ring (bicyclic) bond motifs is 1. The molecule has 0 saturated heterocycles. The first-order chi connectivity index (χ1) is 13.9. The number of aromatic nitrogens is 2. The second kappa shape index (κ2) is 8.23. The average Bonchev–Trinajstić information content (AvgIpc) is 2.69. The average molecular weight is 399 g/mol. The molecule has 1 aliphatic rings. The van der Waals surface area contributed by atoms with E-state index in [1.807, 2.05) is 0 Å². The van der Waals surface area contributed by atoms with Crippen molar-refractivity contribution in [2.24, 2.45) is 5.73 Å². The van der Waals surface area contributed by atoms with Gasteiger partial charge < -0.3 is 15.8 Å². The van der Waals surface area contributed by atoms with Crippen LogP contribution >= 0.6 is 0 Å². The summed E-state index contributed by atoms with van der Waals surface area (Å²) in [7, 11) is 0. The maximum absolute atomic E-state index is 13.1. The number of esters is 1. The van der Waals surface area contributed by atoms with Crippen molar-refractivity contribution in [3.8, 4) is 0 Å². The van der Waals surface area contributed by atoms with Crippen LogP contribution in [0.2, 0.25) is 0 Å². The number of nitrogens with two attached hydrogens (primary N) is 1. The standard InChI is InChI=1S/C19H21N5O5/c1-3-29-19(26)15-11(2)22-14-10-21-23(8-7-20)18(25)17(14)16(15)12-5-4-6-13(9-12)24(27)28/h4-6,9-10,16,22H,3,7-8,20H2,1-2H3. The maximum Gasteiger partial charge on any atom is 0.336 e. The summed E-state index contributed by atoms with van der Waals surface area (Å²) in [5.74, 6) is -1.44. The maximum atomic E-state index is 13.1. The summed E-state index contributed by atoms with van der Waals surface area (Å²) in [4.78, 5) is 36.6. The fourth-order valence-corrected chi connectivity index (χ4v) is 3.43. The Morgan fingerprint density at radius 2 is 2.21 bits per heavy atom. The lowest BCUT2D eigenvalue weighted by molar-refractivity contribution is -0.384. The number of non-ortho nitro benzene ring substituents is 1. The van der Waals surface area contributed by atoms with Gasteiger partial charge in [-0.3, -0.25) is 14.9 Å². The number of carbonyl (C=O) groups excluding carboxylic acids is 1. The number of nitrogens with zero attached hydrogens (tertiary/aromatic N) is 3. The van der Waals surface area contributed by atoms with Crippen LogP contribution in [0.3, 0.4) is 0 Å². The molecule has 0 fully saturated rings. The molecular formula is C19H21N5O5. The molecule has 10 heteroatoms. The number of rotatable bonds is 6. The number of hydrogen-bond donors (Lipinski definition) is 2. The summed E-state index contributed by atoms with van der Waals surface area (Å²) in [6, 6.07) is 5.88. The molecule has 0 radical (unpaired) electrons. The smallest absolute Gasteiger partial charge is 0.336 e. The number of ether oxygens (including phenoxy) is 1. The van der Waals surface area contributed by atoms with E-state index in [0.29, 0.717) is 16.9 Å². The van der Waals surface area contributed by atoms with Gasteiger partial charge in [0.05, 0.1) is 47.0 Å². The number of carbonyl (C=O) groups is 1. The molecule has 1 unspecified atom stereocenters. The molecule has 3 rings (SSSR count). The minimum absolute atomic E-state index is 0.139. The topological polar surface area (TPSA) is 142 Å². The number of anilines is 1. The van der Waals surface area contributed by atoms with Crippen molar-refractivity contribution < 1.29 is 14.5 Å². The molecule has 152 valence electrons. The Morgan fingerprint density at radius 1 is 1.45 bits per heavy atom. The summed E-state index contributed by atoms with van der Waals surface area (Å²) >= 11 is 0. The number of allylic oxidation sites excluding steroid dienone is 1. The van der Waals surface area contributed by atoms with Crippen LogP contribution < -0.4 is 16.6 Å². The Morgan fingerprint density at radius 3 is 2.86 bits per heavy atom. The van der Waals surface area contributed by atoms with Crippen molar-refractivity contribution >= 4 is 17.3 Å². The largest absolute Gasteiger partial charge is 0.463 e. The van der Waals surface area contributed by atoms with E-state index in [9.17, 15) is 19.7 Å². The van der Waals surface area contributed by atoms with E-state index in [0.717, 1.165) is 0 Å². The molecule has 1 aromatic carbocycles. The van der Waals surface area contributed by atoms with E-state index in [1.165, 1.54) is 29.1 Å². The number of benzene rings is 1. The van der Waals surface area contributed by atoms with E-state index in [4.69, 9.17) is 10.5 Å². The van der Waals surface area contributed by atoms with E-state index in [2.05, 4.69) is 10.4 Å². The highest BCUT2D eigenvalue weighted by Gasteiger charge is 2.36. The third-order valence-corrected chi connectivity index (χ3v) is 4.64. The fraction of sp³-hybridized carbons (Fsp3) is 0.316. The van der Waals surface area contributed by atoms with Crippen LogP contribution in [0.5, 0.6) is 0 Å². The van der Waals surface area contributed by atoms with Crippen LogP contribution in [0.25, 0.3) is 0 Å². The van der Waals surface area contributed by atoms with Crippen molar-refractivity contribution in [1.82, 2.24) is 9.78 Å². The molecule has 2 aromatic rings. The van der Waals surface area contributed by atoms with Gasteiger partial charge in [-0.15, -0.1) is 0 Å². The van der Waals surface area contributed by atoms with Crippen LogP contribution in [0.4, 0.5) is 11.4 Å². The molecule has 0 bridgehead atoms. The highest BCUT2D eigenvalue weighted by Crippen LogP contribution is 2.40. The molecule has 0 spiro atoms. The number of nitrogens with one attached hydrogen (secondary N) is 1. The molecule has 2 heterocycles. The van der Waals surface area contributed by atoms with Crippen molar-refractivity contribution in [3.63, 3.8) is 0 Å². The third kappa shape index (κ3) is 3.74. The second-order valence-corrected chi connectivity index (χ2v) is 6.46. The van der Waals surface area contributed by atoms with Crippen LogP contribution in [0, 0.1) is 10.1 Å². The van der Waals surface area contributed by atoms with Crippen LogP contribution in [0.15, 0.2) is 46.5 Å². The first-order valence-corrected chi connectivity index (χ1v) is 9.08. The molecule has 0 aliphatic carbocycles. The SMILES string of the molecule is CCOC(=O)C1=C(C)Nc2cnn(CCN)c(=O)c2C1c1cccc([N+](=O)[O-])c1. The lowest BCUT2D eigenvalue weighted by Crippen LogP contribution is -2.35. The lowest BCUT2D eigenvalue weighted by Gasteiger charge is -2.29. The van der Waals surface area contributed by atoms with Crippen LogP contribution in [0.1, 0.15) is 30.9 Å². The zero-order valence-corrected chi connectivity index (χ0v) is 16.0. The van der Waals surface area contributed by atoms with E-state index in [1.54, 1.807) is 19.9 Å². The van der Waals surface area contributed by atoms with Gasteiger partial charge in [0.15, 0.2) is 0 Å². The van der Waals surface area contributed by atoms with Gasteiger partial charge in [-0.2, -0.15) is 5.10 Å². The predicted molar refractivity (Wildman–Crippen MR) is 105 cm³/mol. The Balaban J connectivity index is 2.29. The number of nitro benzene ring substituents is 1. The highest BCUT2D eigenvalue weighted by molar-refractivity contribution is 5.94. The van der Waals surface area contributed by atoms with E-state index >= 15 is 0 Å². The molecule has 1 aromatic heterocycles. The van der Waals surface area contributed by atoms with Gasteiger partial charge in [0, 0.05) is 24.4 Å². The molecule has 1 atom stereocenters.